The van der Waals surface area contributed by atoms with Gasteiger partial charge in [-0.1, -0.05) is 29.3 Å². The third-order valence-electron chi connectivity index (χ3n) is 4.93. The second-order valence-corrected chi connectivity index (χ2v) is 9.49. The summed E-state index contributed by atoms with van der Waals surface area (Å²) in [5.74, 6) is 0. The molecule has 1 fully saturated rings. The van der Waals surface area contributed by atoms with Gasteiger partial charge in [0.25, 0.3) is 0 Å². The molecule has 1 aliphatic heterocycles. The highest BCUT2D eigenvalue weighted by atomic mass is 35.5. The van der Waals surface area contributed by atoms with E-state index in [1.54, 1.807) is 25.1 Å². The maximum absolute atomic E-state index is 12.7. The highest BCUT2D eigenvalue weighted by molar-refractivity contribution is 6.42. The van der Waals surface area contributed by atoms with Crippen LogP contribution in [0.3, 0.4) is 0 Å². The van der Waals surface area contributed by atoms with E-state index in [9.17, 15) is 9.59 Å². The Kier molecular flexibility index (Phi) is 7.68. The van der Waals surface area contributed by atoms with Crippen LogP contribution in [0.5, 0.6) is 0 Å². The van der Waals surface area contributed by atoms with E-state index in [-0.39, 0.29) is 12.7 Å². The number of benzene rings is 1. The molecule has 0 aliphatic carbocycles. The third kappa shape index (κ3) is 6.41. The van der Waals surface area contributed by atoms with Gasteiger partial charge < -0.3 is 19.3 Å². The number of carbonyl (C=O) groups excluding carboxylic acids is 2. The number of rotatable bonds is 4. The van der Waals surface area contributed by atoms with Gasteiger partial charge in [-0.15, -0.1) is 0 Å². The molecule has 0 bridgehead atoms. The molecule has 6 nitrogen and oxygen atoms in total. The van der Waals surface area contributed by atoms with Gasteiger partial charge in [-0.25, -0.2) is 9.59 Å². The smallest absolute Gasteiger partial charge is 0.410 e. The Balaban J connectivity index is 2.27. The average molecular weight is 445 g/mol. The van der Waals surface area contributed by atoms with Gasteiger partial charge >= 0.3 is 12.2 Å². The van der Waals surface area contributed by atoms with Crippen molar-refractivity contribution in [3.8, 4) is 0 Å². The Bertz CT molecular complexity index is 749. The zero-order chi connectivity index (χ0) is 21.8. The van der Waals surface area contributed by atoms with E-state index in [2.05, 4.69) is 0 Å². The second-order valence-electron chi connectivity index (χ2n) is 8.67. The van der Waals surface area contributed by atoms with E-state index < -0.39 is 17.1 Å². The van der Waals surface area contributed by atoms with E-state index >= 15 is 0 Å². The lowest BCUT2D eigenvalue weighted by atomic mass is 9.72. The molecule has 0 aromatic heterocycles. The number of halogens is 2. The highest BCUT2D eigenvalue weighted by Crippen LogP contribution is 2.40. The molecule has 0 N–H and O–H groups in total. The van der Waals surface area contributed by atoms with Crippen molar-refractivity contribution in [2.24, 2.45) is 0 Å². The van der Waals surface area contributed by atoms with Crippen LogP contribution in [0.25, 0.3) is 0 Å². The summed E-state index contributed by atoms with van der Waals surface area (Å²) in [5.41, 5.74) is -0.00101. The Labute approximate surface area is 183 Å². The van der Waals surface area contributed by atoms with E-state index in [0.717, 1.165) is 18.4 Å². The highest BCUT2D eigenvalue weighted by Gasteiger charge is 2.40. The summed E-state index contributed by atoms with van der Waals surface area (Å²) in [5, 5.41) is 0.938. The first-order chi connectivity index (χ1) is 13.4. The van der Waals surface area contributed by atoms with E-state index in [0.29, 0.717) is 29.6 Å². The maximum atomic E-state index is 12.7. The molecule has 162 valence electrons. The molecule has 2 amide bonds. The van der Waals surface area contributed by atoms with E-state index in [1.807, 2.05) is 32.9 Å². The zero-order valence-corrected chi connectivity index (χ0v) is 19.3. The molecule has 1 saturated heterocycles. The predicted octanol–water partition coefficient (Wildman–Crippen LogP) is 5.35. The number of ether oxygens (including phenoxy) is 2. The van der Waals surface area contributed by atoms with E-state index in [4.69, 9.17) is 32.7 Å². The quantitative estimate of drug-likeness (QED) is 0.627. The van der Waals surface area contributed by atoms with Crippen molar-refractivity contribution < 1.29 is 19.1 Å². The average Bonchev–Trinajstić information content (AvgIpc) is 2.62. The molecule has 1 aromatic rings. The monoisotopic (exact) mass is 444 g/mol. The number of amides is 2. The van der Waals surface area contributed by atoms with Crippen molar-refractivity contribution in [1.82, 2.24) is 9.80 Å². The summed E-state index contributed by atoms with van der Waals surface area (Å²) < 4.78 is 10.9. The molecule has 1 unspecified atom stereocenters. The number of hydrogen-bond donors (Lipinski definition) is 0. The van der Waals surface area contributed by atoms with Gasteiger partial charge in [0.1, 0.15) is 5.60 Å². The first-order valence-electron chi connectivity index (χ1n) is 9.71. The molecule has 0 saturated carbocycles. The van der Waals surface area contributed by atoms with Gasteiger partial charge in [0.05, 0.1) is 16.7 Å². The largest absolute Gasteiger partial charge is 0.449 e. The van der Waals surface area contributed by atoms with Crippen LogP contribution in [-0.4, -0.2) is 61.4 Å². The van der Waals surface area contributed by atoms with Crippen LogP contribution in [0.4, 0.5) is 9.59 Å². The number of carbonyl (C=O) groups is 2. The van der Waals surface area contributed by atoms with Crippen LogP contribution in [0, 0.1) is 0 Å². The van der Waals surface area contributed by atoms with Crippen LogP contribution in [0.2, 0.25) is 10.0 Å². The van der Waals surface area contributed by atoms with Crippen LogP contribution in [0.15, 0.2) is 18.2 Å². The number of nitrogens with zero attached hydrogens (tertiary/aromatic N) is 2. The Morgan fingerprint density at radius 2 is 1.90 bits per heavy atom. The van der Waals surface area contributed by atoms with Crippen molar-refractivity contribution >= 4 is 35.4 Å². The van der Waals surface area contributed by atoms with Crippen molar-refractivity contribution in [1.29, 1.82) is 0 Å². The number of hydrogen-bond acceptors (Lipinski definition) is 4. The van der Waals surface area contributed by atoms with Gasteiger partial charge in [-0.3, -0.25) is 0 Å². The molecule has 1 atom stereocenters. The fourth-order valence-electron chi connectivity index (χ4n) is 3.49. The first kappa shape index (κ1) is 23.6. The maximum Gasteiger partial charge on any atom is 0.410 e. The first-order valence-corrected chi connectivity index (χ1v) is 10.5. The summed E-state index contributed by atoms with van der Waals surface area (Å²) >= 11 is 12.4. The molecule has 1 aliphatic rings. The van der Waals surface area contributed by atoms with Gasteiger partial charge in [-0.05, 0) is 57.7 Å². The van der Waals surface area contributed by atoms with Crippen molar-refractivity contribution in [2.45, 2.75) is 51.0 Å². The Morgan fingerprint density at radius 1 is 1.21 bits per heavy atom. The lowest BCUT2D eigenvalue weighted by Gasteiger charge is -2.43. The molecular formula is C21H30Cl2N2O4. The number of likely N-dealkylation sites (tertiary alicyclic amines) is 1. The summed E-state index contributed by atoms with van der Waals surface area (Å²) in [6.07, 6.45) is 1.47. The van der Waals surface area contributed by atoms with Gasteiger partial charge in [0.15, 0.2) is 0 Å². The molecule has 1 heterocycles. The van der Waals surface area contributed by atoms with Gasteiger partial charge in [-0.2, -0.15) is 0 Å². The molecule has 1 aromatic carbocycles. The Hall–Kier alpha value is -1.66. The minimum atomic E-state index is -0.567. The molecule has 8 heteroatoms. The van der Waals surface area contributed by atoms with E-state index in [1.165, 1.54) is 4.90 Å². The van der Waals surface area contributed by atoms with Crippen LogP contribution >= 0.6 is 23.2 Å². The molecule has 0 spiro atoms. The lowest BCUT2D eigenvalue weighted by Crippen LogP contribution is -2.50. The number of piperidine rings is 1. The molecular weight excluding hydrogens is 415 g/mol. The zero-order valence-electron chi connectivity index (χ0n) is 17.8. The summed E-state index contributed by atoms with van der Waals surface area (Å²) in [6, 6.07) is 5.54. The summed E-state index contributed by atoms with van der Waals surface area (Å²) in [6.45, 7) is 6.86. The second kappa shape index (κ2) is 9.43. The van der Waals surface area contributed by atoms with Gasteiger partial charge in [0.2, 0.25) is 0 Å². The third-order valence-corrected chi connectivity index (χ3v) is 5.67. The van der Waals surface area contributed by atoms with Crippen molar-refractivity contribution in [3.63, 3.8) is 0 Å². The summed E-state index contributed by atoms with van der Waals surface area (Å²) in [7, 11) is 3.28. The minimum absolute atomic E-state index is 0.236. The van der Waals surface area contributed by atoms with Crippen LogP contribution in [0.1, 0.15) is 45.6 Å². The van der Waals surface area contributed by atoms with Crippen LogP contribution < -0.4 is 0 Å². The van der Waals surface area contributed by atoms with Crippen molar-refractivity contribution in [3.05, 3.63) is 33.8 Å². The predicted molar refractivity (Wildman–Crippen MR) is 115 cm³/mol. The fourth-order valence-corrected chi connectivity index (χ4v) is 3.79. The Morgan fingerprint density at radius 3 is 2.48 bits per heavy atom. The van der Waals surface area contributed by atoms with Crippen molar-refractivity contribution in [2.75, 3.05) is 33.8 Å². The molecule has 0 radical (unpaired) electrons. The summed E-state index contributed by atoms with van der Waals surface area (Å²) in [4.78, 5) is 27.6. The minimum Gasteiger partial charge on any atom is -0.449 e. The van der Waals surface area contributed by atoms with Gasteiger partial charge in [0, 0.05) is 32.6 Å². The standard InChI is InChI=1S/C21H30Cl2N2O4/c1-20(2,3)29-19(27)25-11-6-9-21(14-25,10-12-28-18(26)24(4)5)15-7-8-16(22)17(23)13-15/h7-8,13H,6,9-12,14H2,1-5H3. The molecule has 2 rings (SSSR count). The SMILES string of the molecule is CN(C)C(=O)OCCC1(c2ccc(Cl)c(Cl)c2)CCCN(C(=O)OC(C)(C)C)C1. The fraction of sp³-hybridized carbons (Fsp3) is 0.619. The molecule has 29 heavy (non-hydrogen) atoms. The lowest BCUT2D eigenvalue weighted by molar-refractivity contribution is 0.0104. The normalized spacial score (nSPS) is 19.6. The van der Waals surface area contributed by atoms with Crippen LogP contribution in [-0.2, 0) is 14.9 Å². The topological polar surface area (TPSA) is 59.1 Å².